The molecule has 0 heterocycles. The molecule has 0 bridgehead atoms. The lowest BCUT2D eigenvalue weighted by Crippen LogP contribution is -2.12. The molecule has 0 aliphatic rings. The fourth-order valence-electron chi connectivity index (χ4n) is 1.69. The number of nitro groups is 1. The van der Waals surface area contributed by atoms with E-state index in [0.29, 0.717) is 0 Å². The van der Waals surface area contributed by atoms with Gasteiger partial charge in [0.1, 0.15) is 5.82 Å². The minimum Gasteiger partial charge on any atom is -0.502 e. The van der Waals surface area contributed by atoms with Crippen LogP contribution in [0.2, 0.25) is 5.02 Å². The molecule has 1 amide bonds. The lowest BCUT2D eigenvalue weighted by atomic mass is 10.1. The molecule has 2 aromatic carbocycles. The van der Waals surface area contributed by atoms with Crippen LogP contribution in [0.25, 0.3) is 0 Å². The number of halogens is 2. The molecule has 0 atom stereocenters. The van der Waals surface area contributed by atoms with Gasteiger partial charge in [0.2, 0.25) is 5.75 Å². The highest BCUT2D eigenvalue weighted by Gasteiger charge is 2.21. The Bertz CT molecular complexity index is 716. The van der Waals surface area contributed by atoms with Crippen LogP contribution < -0.4 is 5.32 Å². The molecule has 0 radical (unpaired) electrons. The molecule has 0 saturated heterocycles. The predicted octanol–water partition coefficient (Wildman–Crippen LogP) is 3.35. The van der Waals surface area contributed by atoms with E-state index < -0.39 is 28.1 Å². The summed E-state index contributed by atoms with van der Waals surface area (Å²) < 4.78 is 13.2. The van der Waals surface area contributed by atoms with Gasteiger partial charge >= 0.3 is 5.69 Å². The zero-order valence-corrected chi connectivity index (χ0v) is 11.1. The van der Waals surface area contributed by atoms with Gasteiger partial charge in [0.05, 0.1) is 10.5 Å². The monoisotopic (exact) mass is 310 g/mol. The smallest absolute Gasteiger partial charge is 0.311 e. The molecule has 2 rings (SSSR count). The molecule has 2 N–H and O–H groups in total. The quantitative estimate of drug-likeness (QED) is 0.671. The second kappa shape index (κ2) is 5.76. The molecule has 0 aromatic heterocycles. The maximum atomic E-state index is 13.2. The van der Waals surface area contributed by atoms with Crippen molar-refractivity contribution in [3.8, 4) is 5.75 Å². The van der Waals surface area contributed by atoms with Gasteiger partial charge in [-0.05, 0) is 24.3 Å². The number of nitrogens with one attached hydrogen (secondary N) is 1. The molecule has 6 nitrogen and oxygen atoms in total. The number of aromatic hydroxyl groups is 1. The summed E-state index contributed by atoms with van der Waals surface area (Å²) in [7, 11) is 0. The molecular formula is C13H8ClFN2O4. The molecule has 0 spiro atoms. The van der Waals surface area contributed by atoms with Gasteiger partial charge < -0.3 is 10.4 Å². The van der Waals surface area contributed by atoms with Gasteiger partial charge in [0.15, 0.2) is 0 Å². The molecule has 0 aliphatic heterocycles. The third-order valence-electron chi connectivity index (χ3n) is 2.58. The van der Waals surface area contributed by atoms with E-state index in [1.807, 2.05) is 0 Å². The van der Waals surface area contributed by atoms with Crippen molar-refractivity contribution >= 4 is 28.9 Å². The number of nitro benzene ring substituents is 1. The number of phenolic OH excluding ortho intramolecular Hbond substituents is 1. The van der Waals surface area contributed by atoms with Crippen LogP contribution in [0, 0.1) is 15.9 Å². The number of carbonyl (C=O) groups excluding carboxylic acids is 1. The van der Waals surface area contributed by atoms with Crippen LogP contribution in [0.15, 0.2) is 36.4 Å². The molecule has 0 aliphatic carbocycles. The fourth-order valence-corrected chi connectivity index (χ4v) is 1.91. The van der Waals surface area contributed by atoms with Crippen LogP contribution in [0.4, 0.5) is 15.8 Å². The van der Waals surface area contributed by atoms with Crippen LogP contribution in [0.3, 0.4) is 0 Å². The molecule has 0 saturated carbocycles. The summed E-state index contributed by atoms with van der Waals surface area (Å²) in [6, 6.07) is 6.91. The Morgan fingerprint density at radius 2 is 2.05 bits per heavy atom. The van der Waals surface area contributed by atoms with E-state index in [-0.39, 0.29) is 16.3 Å². The predicted molar refractivity (Wildman–Crippen MR) is 74.1 cm³/mol. The van der Waals surface area contributed by atoms with Crippen LogP contribution >= 0.6 is 11.6 Å². The van der Waals surface area contributed by atoms with E-state index in [4.69, 9.17) is 11.6 Å². The fraction of sp³-hybridized carbons (Fsp3) is 0. The van der Waals surface area contributed by atoms with E-state index in [9.17, 15) is 24.4 Å². The highest BCUT2D eigenvalue weighted by molar-refractivity contribution is 6.31. The maximum Gasteiger partial charge on any atom is 0.311 e. The van der Waals surface area contributed by atoms with Crippen molar-refractivity contribution < 1.29 is 19.2 Å². The second-order valence-electron chi connectivity index (χ2n) is 4.04. The zero-order chi connectivity index (χ0) is 15.6. The average molecular weight is 311 g/mol. The summed E-state index contributed by atoms with van der Waals surface area (Å²) >= 11 is 5.65. The molecule has 8 heteroatoms. The Hall–Kier alpha value is -2.67. The van der Waals surface area contributed by atoms with Crippen molar-refractivity contribution in [3.05, 3.63) is 62.9 Å². The van der Waals surface area contributed by atoms with Gasteiger partial charge in [-0.3, -0.25) is 14.9 Å². The van der Waals surface area contributed by atoms with Gasteiger partial charge in [-0.25, -0.2) is 4.39 Å². The summed E-state index contributed by atoms with van der Waals surface area (Å²) in [4.78, 5) is 21.8. The summed E-state index contributed by atoms with van der Waals surface area (Å²) in [6.07, 6.45) is 0. The first-order chi connectivity index (χ1) is 9.88. The van der Waals surface area contributed by atoms with E-state index in [0.717, 1.165) is 18.2 Å². The summed E-state index contributed by atoms with van der Waals surface area (Å²) in [5.74, 6) is -2.23. The average Bonchev–Trinajstić information content (AvgIpc) is 2.37. The summed E-state index contributed by atoms with van der Waals surface area (Å²) in [5.41, 5.74) is -0.833. The van der Waals surface area contributed by atoms with Crippen molar-refractivity contribution in [1.29, 1.82) is 0 Å². The SMILES string of the molecule is O=C(Nc1cc(F)cc(Cl)c1)c1cccc([N+](=O)[O-])c1O. The Kier molecular flexibility index (Phi) is 4.04. The molecule has 2 aromatic rings. The van der Waals surface area contributed by atoms with Gasteiger partial charge in [-0.1, -0.05) is 17.7 Å². The summed E-state index contributed by atoms with van der Waals surface area (Å²) in [5, 5.41) is 22.8. The number of carbonyl (C=O) groups is 1. The van der Waals surface area contributed by atoms with E-state index in [2.05, 4.69) is 5.32 Å². The molecular weight excluding hydrogens is 303 g/mol. The number of amides is 1. The van der Waals surface area contributed by atoms with E-state index >= 15 is 0 Å². The number of hydrogen-bond acceptors (Lipinski definition) is 4. The number of phenols is 1. The van der Waals surface area contributed by atoms with E-state index in [1.165, 1.54) is 18.2 Å². The number of para-hydroxylation sites is 1. The van der Waals surface area contributed by atoms with Crippen molar-refractivity contribution in [2.24, 2.45) is 0 Å². The van der Waals surface area contributed by atoms with Crippen molar-refractivity contribution in [3.63, 3.8) is 0 Å². The second-order valence-corrected chi connectivity index (χ2v) is 4.48. The largest absolute Gasteiger partial charge is 0.502 e. The minimum absolute atomic E-state index is 0.0657. The number of nitrogens with zero attached hydrogens (tertiary/aromatic N) is 1. The first kappa shape index (κ1) is 14.7. The standard InChI is InChI=1S/C13H8ClFN2O4/c14-7-4-8(15)6-9(5-7)16-13(19)10-2-1-3-11(12(10)18)17(20)21/h1-6,18H,(H,16,19). The Balaban J connectivity index is 2.33. The number of benzene rings is 2. The zero-order valence-electron chi connectivity index (χ0n) is 10.3. The molecule has 108 valence electrons. The summed E-state index contributed by atoms with van der Waals surface area (Å²) in [6.45, 7) is 0. The topological polar surface area (TPSA) is 92.5 Å². The van der Waals surface area contributed by atoms with Crippen LogP contribution in [-0.2, 0) is 0 Å². The number of anilines is 1. The molecule has 0 unspecified atom stereocenters. The number of rotatable bonds is 3. The Morgan fingerprint density at radius 1 is 1.33 bits per heavy atom. The number of hydrogen-bond donors (Lipinski definition) is 2. The Morgan fingerprint density at radius 3 is 2.67 bits per heavy atom. The lowest BCUT2D eigenvalue weighted by Gasteiger charge is -2.07. The highest BCUT2D eigenvalue weighted by atomic mass is 35.5. The first-order valence-corrected chi connectivity index (χ1v) is 6.00. The van der Waals surface area contributed by atoms with Crippen molar-refractivity contribution in [2.45, 2.75) is 0 Å². The van der Waals surface area contributed by atoms with Gasteiger partial charge in [-0.2, -0.15) is 0 Å². The third-order valence-corrected chi connectivity index (χ3v) is 2.79. The third kappa shape index (κ3) is 3.26. The Labute approximate surface area is 122 Å². The van der Waals surface area contributed by atoms with Crippen LogP contribution in [-0.4, -0.2) is 15.9 Å². The normalized spacial score (nSPS) is 10.2. The maximum absolute atomic E-state index is 13.2. The minimum atomic E-state index is -0.821. The van der Waals surface area contributed by atoms with Gasteiger partial charge in [0, 0.05) is 16.8 Å². The molecule has 0 fully saturated rings. The van der Waals surface area contributed by atoms with Gasteiger partial charge in [0.25, 0.3) is 5.91 Å². The highest BCUT2D eigenvalue weighted by Crippen LogP contribution is 2.30. The lowest BCUT2D eigenvalue weighted by molar-refractivity contribution is -0.385. The van der Waals surface area contributed by atoms with Crippen LogP contribution in [0.5, 0.6) is 5.75 Å². The van der Waals surface area contributed by atoms with Crippen LogP contribution in [0.1, 0.15) is 10.4 Å². The van der Waals surface area contributed by atoms with Crippen molar-refractivity contribution in [1.82, 2.24) is 0 Å². The first-order valence-electron chi connectivity index (χ1n) is 5.62. The molecule has 21 heavy (non-hydrogen) atoms. The van der Waals surface area contributed by atoms with Gasteiger partial charge in [-0.15, -0.1) is 0 Å². The van der Waals surface area contributed by atoms with Crippen molar-refractivity contribution in [2.75, 3.05) is 5.32 Å². The van der Waals surface area contributed by atoms with E-state index in [1.54, 1.807) is 0 Å².